The van der Waals surface area contributed by atoms with E-state index in [1.54, 1.807) is 6.07 Å². The average molecular weight is 461 g/mol. The minimum Gasteiger partial charge on any atom is -0.478 e. The topological polar surface area (TPSA) is 136 Å². The Kier molecular flexibility index (Phi) is 5.85. The van der Waals surface area contributed by atoms with E-state index in [1.165, 1.54) is 42.0 Å². The molecule has 4 rings (SSSR count). The summed E-state index contributed by atoms with van der Waals surface area (Å²) in [5.41, 5.74) is 2.72. The molecular formula is C24H19N3O5S. The Hall–Kier alpha value is -4.16. The molecule has 0 heterocycles. The molecule has 3 aromatic carbocycles. The van der Waals surface area contributed by atoms with Gasteiger partial charge in [0.15, 0.2) is 0 Å². The number of nitrogens with one attached hydrogen (secondary N) is 2. The zero-order valence-electron chi connectivity index (χ0n) is 17.3. The van der Waals surface area contributed by atoms with Gasteiger partial charge in [-0.2, -0.15) is 5.26 Å². The third kappa shape index (κ3) is 4.71. The number of sulfonamides is 1. The van der Waals surface area contributed by atoms with Crippen LogP contribution in [0, 0.1) is 11.3 Å². The van der Waals surface area contributed by atoms with Gasteiger partial charge in [0.2, 0.25) is 0 Å². The second-order valence-electron chi connectivity index (χ2n) is 7.60. The van der Waals surface area contributed by atoms with Gasteiger partial charge in [-0.05, 0) is 78.9 Å². The molecule has 1 aliphatic carbocycles. The van der Waals surface area contributed by atoms with Crippen LogP contribution >= 0.6 is 0 Å². The SMILES string of the molecule is N#Cc1ccc(NC(=O)c2cccc(S(=O)(=O)Nc3ccc4c(c3)CCC4)c2)c(C(=O)O)c1. The van der Waals surface area contributed by atoms with Crippen molar-refractivity contribution in [2.75, 3.05) is 10.0 Å². The molecule has 166 valence electrons. The molecule has 0 aliphatic heterocycles. The summed E-state index contributed by atoms with van der Waals surface area (Å²) >= 11 is 0. The van der Waals surface area contributed by atoms with Gasteiger partial charge in [0.1, 0.15) is 0 Å². The Morgan fingerprint density at radius 1 is 0.970 bits per heavy atom. The largest absolute Gasteiger partial charge is 0.478 e. The lowest BCUT2D eigenvalue weighted by Crippen LogP contribution is -2.17. The Morgan fingerprint density at radius 3 is 2.52 bits per heavy atom. The Balaban J connectivity index is 1.57. The maximum atomic E-state index is 12.9. The van der Waals surface area contributed by atoms with Crippen molar-refractivity contribution < 1.29 is 23.1 Å². The zero-order chi connectivity index (χ0) is 23.6. The van der Waals surface area contributed by atoms with Gasteiger partial charge in [0.25, 0.3) is 15.9 Å². The third-order valence-corrected chi connectivity index (χ3v) is 6.76. The zero-order valence-corrected chi connectivity index (χ0v) is 18.1. The van der Waals surface area contributed by atoms with Gasteiger partial charge in [-0.3, -0.25) is 9.52 Å². The first-order chi connectivity index (χ1) is 15.8. The molecule has 0 saturated heterocycles. The minimum atomic E-state index is -3.95. The highest BCUT2D eigenvalue weighted by molar-refractivity contribution is 7.92. The number of carbonyl (C=O) groups is 2. The smallest absolute Gasteiger partial charge is 0.337 e. The molecule has 1 aliphatic rings. The molecule has 0 saturated carbocycles. The summed E-state index contributed by atoms with van der Waals surface area (Å²) in [6.45, 7) is 0. The van der Waals surface area contributed by atoms with Crippen LogP contribution in [-0.4, -0.2) is 25.4 Å². The molecule has 0 aromatic heterocycles. The molecule has 9 heteroatoms. The molecule has 0 radical (unpaired) electrons. The van der Waals surface area contributed by atoms with Gasteiger partial charge in [0, 0.05) is 11.3 Å². The van der Waals surface area contributed by atoms with Crippen LogP contribution in [0.25, 0.3) is 0 Å². The van der Waals surface area contributed by atoms with Crippen molar-refractivity contribution in [2.24, 2.45) is 0 Å². The lowest BCUT2D eigenvalue weighted by molar-refractivity contribution is 0.0698. The van der Waals surface area contributed by atoms with Gasteiger partial charge < -0.3 is 10.4 Å². The molecule has 0 spiro atoms. The van der Waals surface area contributed by atoms with Gasteiger partial charge in [0.05, 0.1) is 27.8 Å². The van der Waals surface area contributed by atoms with Crippen LogP contribution in [0.1, 0.15) is 43.8 Å². The second kappa shape index (κ2) is 8.76. The first-order valence-electron chi connectivity index (χ1n) is 10.1. The highest BCUT2D eigenvalue weighted by Crippen LogP contribution is 2.26. The summed E-state index contributed by atoms with van der Waals surface area (Å²) in [5, 5.41) is 20.8. The number of anilines is 2. The second-order valence-corrected chi connectivity index (χ2v) is 9.28. The van der Waals surface area contributed by atoms with Crippen LogP contribution in [0.4, 0.5) is 11.4 Å². The van der Waals surface area contributed by atoms with E-state index < -0.39 is 21.9 Å². The van der Waals surface area contributed by atoms with Crippen LogP contribution in [0.2, 0.25) is 0 Å². The van der Waals surface area contributed by atoms with E-state index in [4.69, 9.17) is 5.26 Å². The van der Waals surface area contributed by atoms with Gasteiger partial charge >= 0.3 is 5.97 Å². The van der Waals surface area contributed by atoms with Gasteiger partial charge in [-0.25, -0.2) is 13.2 Å². The number of benzene rings is 3. The first-order valence-corrected chi connectivity index (χ1v) is 11.6. The number of aromatic carboxylic acids is 1. The fourth-order valence-corrected chi connectivity index (χ4v) is 4.84. The summed E-state index contributed by atoms with van der Waals surface area (Å²) in [6, 6.07) is 16.6. The molecule has 0 fully saturated rings. The van der Waals surface area contributed by atoms with E-state index in [2.05, 4.69) is 10.0 Å². The Bertz CT molecular complexity index is 1420. The number of nitrogens with zero attached hydrogens (tertiary/aromatic N) is 1. The van der Waals surface area contributed by atoms with Gasteiger partial charge in [-0.15, -0.1) is 0 Å². The van der Waals surface area contributed by atoms with Crippen molar-refractivity contribution in [1.29, 1.82) is 5.26 Å². The Labute approximate surface area is 190 Å². The molecule has 3 N–H and O–H groups in total. The van der Waals surface area contributed by atoms with Crippen LogP contribution in [0.3, 0.4) is 0 Å². The van der Waals surface area contributed by atoms with E-state index in [9.17, 15) is 23.1 Å². The summed E-state index contributed by atoms with van der Waals surface area (Å²) in [6.07, 6.45) is 2.95. The van der Waals surface area contributed by atoms with Crippen molar-refractivity contribution >= 4 is 33.3 Å². The first kappa shape index (κ1) is 22.0. The maximum Gasteiger partial charge on any atom is 0.337 e. The third-order valence-electron chi connectivity index (χ3n) is 5.38. The molecular weight excluding hydrogens is 442 g/mol. The average Bonchev–Trinajstić information content (AvgIpc) is 3.27. The van der Waals surface area contributed by atoms with E-state index in [1.807, 2.05) is 18.2 Å². The number of hydrogen-bond acceptors (Lipinski definition) is 5. The van der Waals surface area contributed by atoms with E-state index in [0.717, 1.165) is 30.9 Å². The van der Waals surface area contributed by atoms with E-state index in [0.29, 0.717) is 5.69 Å². The number of carboxylic acids is 1. The van der Waals surface area contributed by atoms with Crippen molar-refractivity contribution in [2.45, 2.75) is 24.2 Å². The molecule has 3 aromatic rings. The number of hydrogen-bond donors (Lipinski definition) is 3. The summed E-state index contributed by atoms with van der Waals surface area (Å²) in [5.74, 6) is -1.99. The molecule has 8 nitrogen and oxygen atoms in total. The standard InChI is InChI=1S/C24H19N3O5S/c25-14-15-7-10-22(21(11-15)24(29)30)26-23(28)18-5-2-6-20(13-18)33(31,32)27-19-9-8-16-3-1-4-17(16)12-19/h2,5-13,27H,1,3-4H2,(H,26,28)(H,29,30). The molecule has 0 atom stereocenters. The highest BCUT2D eigenvalue weighted by Gasteiger charge is 2.20. The van der Waals surface area contributed by atoms with Crippen molar-refractivity contribution in [3.8, 4) is 6.07 Å². The molecule has 0 bridgehead atoms. The van der Waals surface area contributed by atoms with Crippen LogP contribution < -0.4 is 10.0 Å². The monoisotopic (exact) mass is 461 g/mol. The van der Waals surface area contributed by atoms with E-state index >= 15 is 0 Å². The fraction of sp³-hybridized carbons (Fsp3) is 0.125. The van der Waals surface area contributed by atoms with Crippen molar-refractivity contribution in [3.63, 3.8) is 0 Å². The normalized spacial score (nSPS) is 12.5. The minimum absolute atomic E-state index is 0.00368. The fourth-order valence-electron chi connectivity index (χ4n) is 3.75. The number of aryl methyl sites for hydroxylation is 2. The van der Waals surface area contributed by atoms with Crippen LogP contribution in [-0.2, 0) is 22.9 Å². The molecule has 1 amide bonds. The summed E-state index contributed by atoms with van der Waals surface area (Å²) in [7, 11) is -3.95. The number of nitriles is 1. The lowest BCUT2D eigenvalue weighted by atomic mass is 10.1. The van der Waals surface area contributed by atoms with Gasteiger partial charge in [-0.1, -0.05) is 12.1 Å². The highest BCUT2D eigenvalue weighted by atomic mass is 32.2. The number of rotatable bonds is 6. The van der Waals surface area contributed by atoms with Crippen LogP contribution in [0.15, 0.2) is 65.6 Å². The van der Waals surface area contributed by atoms with Crippen LogP contribution in [0.5, 0.6) is 0 Å². The lowest BCUT2D eigenvalue weighted by Gasteiger charge is -2.12. The van der Waals surface area contributed by atoms with E-state index in [-0.39, 0.29) is 27.3 Å². The molecule has 0 unspecified atom stereocenters. The summed E-state index contributed by atoms with van der Waals surface area (Å²) < 4.78 is 28.3. The summed E-state index contributed by atoms with van der Waals surface area (Å²) in [4.78, 5) is 24.1. The number of amides is 1. The maximum absolute atomic E-state index is 12.9. The number of carboxylic acid groups (broad SMARTS) is 1. The number of carbonyl (C=O) groups excluding carboxylic acids is 1. The predicted octanol–water partition coefficient (Wildman–Crippen LogP) is 3.80. The number of fused-ring (bicyclic) bond motifs is 1. The predicted molar refractivity (Wildman–Crippen MR) is 122 cm³/mol. The Morgan fingerprint density at radius 2 is 1.76 bits per heavy atom. The van der Waals surface area contributed by atoms with Crippen molar-refractivity contribution in [1.82, 2.24) is 0 Å². The molecule has 33 heavy (non-hydrogen) atoms. The van der Waals surface area contributed by atoms with Crippen molar-refractivity contribution in [3.05, 3.63) is 88.5 Å². The quantitative estimate of drug-likeness (QED) is 0.511.